The van der Waals surface area contributed by atoms with Crippen LogP contribution in [0.4, 0.5) is 5.69 Å². The van der Waals surface area contributed by atoms with Gasteiger partial charge in [-0.1, -0.05) is 24.3 Å². The van der Waals surface area contributed by atoms with Crippen LogP contribution in [0.1, 0.15) is 18.1 Å². The van der Waals surface area contributed by atoms with E-state index in [1.54, 1.807) is 25.3 Å². The van der Waals surface area contributed by atoms with Crippen LogP contribution >= 0.6 is 0 Å². The minimum atomic E-state index is -3.55. The molecule has 0 spiro atoms. The molecule has 0 radical (unpaired) electrons. The summed E-state index contributed by atoms with van der Waals surface area (Å²) < 4.78 is 33.0. The number of piperazine rings is 1. The summed E-state index contributed by atoms with van der Waals surface area (Å²) in [7, 11) is -1.99. The molecule has 0 saturated carbocycles. The average molecular weight is 432 g/mol. The van der Waals surface area contributed by atoms with Crippen molar-refractivity contribution in [2.45, 2.75) is 31.7 Å². The number of anilines is 1. The van der Waals surface area contributed by atoms with Crippen LogP contribution in [0.25, 0.3) is 0 Å². The van der Waals surface area contributed by atoms with E-state index >= 15 is 0 Å². The van der Waals surface area contributed by atoms with Crippen LogP contribution in [0, 0.1) is 13.8 Å². The largest absolute Gasteiger partial charge is 0.495 e. The maximum atomic E-state index is 13.1. The molecule has 1 N–H and O–H groups in total. The summed E-state index contributed by atoms with van der Waals surface area (Å²) in [6.45, 7) is 7.21. The first-order valence-electron chi connectivity index (χ1n) is 9.99. The van der Waals surface area contributed by atoms with Gasteiger partial charge in [-0.05, 0) is 50.1 Å². The molecule has 1 heterocycles. The lowest BCUT2D eigenvalue weighted by Crippen LogP contribution is -2.54. The summed E-state index contributed by atoms with van der Waals surface area (Å²) in [6, 6.07) is 12.3. The van der Waals surface area contributed by atoms with Crippen LogP contribution in [0.5, 0.6) is 5.75 Å². The molecule has 0 unspecified atom stereocenters. The van der Waals surface area contributed by atoms with E-state index in [9.17, 15) is 13.2 Å². The molecule has 162 valence electrons. The first kappa shape index (κ1) is 22.3. The van der Waals surface area contributed by atoms with Gasteiger partial charge >= 0.3 is 0 Å². The van der Waals surface area contributed by atoms with Gasteiger partial charge in [0.2, 0.25) is 15.9 Å². The molecule has 7 nitrogen and oxygen atoms in total. The molecule has 1 atom stereocenters. The quantitative estimate of drug-likeness (QED) is 0.761. The third kappa shape index (κ3) is 4.66. The molecule has 1 fully saturated rings. The Balaban J connectivity index is 1.64. The minimum Gasteiger partial charge on any atom is -0.495 e. The van der Waals surface area contributed by atoms with Gasteiger partial charge in [-0.2, -0.15) is 4.31 Å². The second kappa shape index (κ2) is 9.16. The molecule has 0 bridgehead atoms. The molecular formula is C22H29N3O4S. The highest BCUT2D eigenvalue weighted by molar-refractivity contribution is 7.89. The zero-order valence-electron chi connectivity index (χ0n) is 17.9. The van der Waals surface area contributed by atoms with Crippen molar-refractivity contribution in [1.29, 1.82) is 0 Å². The van der Waals surface area contributed by atoms with Gasteiger partial charge in [0.05, 0.1) is 23.7 Å². The van der Waals surface area contributed by atoms with Crippen LogP contribution in [0.2, 0.25) is 0 Å². The van der Waals surface area contributed by atoms with Crippen molar-refractivity contribution in [1.82, 2.24) is 9.21 Å². The molecule has 1 aliphatic heterocycles. The van der Waals surface area contributed by atoms with Gasteiger partial charge in [0.15, 0.2) is 0 Å². The normalized spacial score (nSPS) is 16.8. The van der Waals surface area contributed by atoms with Crippen LogP contribution in [0.3, 0.4) is 0 Å². The summed E-state index contributed by atoms with van der Waals surface area (Å²) in [5.74, 6) is 0.452. The van der Waals surface area contributed by atoms with Gasteiger partial charge in [-0.3, -0.25) is 9.69 Å². The van der Waals surface area contributed by atoms with Gasteiger partial charge in [-0.25, -0.2) is 8.42 Å². The zero-order valence-corrected chi connectivity index (χ0v) is 18.7. The number of amides is 1. The molecule has 1 aliphatic rings. The van der Waals surface area contributed by atoms with E-state index in [2.05, 4.69) is 5.32 Å². The molecule has 2 aromatic rings. The Bertz CT molecular complexity index is 1010. The number of rotatable bonds is 6. The van der Waals surface area contributed by atoms with Crippen LogP contribution in [-0.4, -0.2) is 62.9 Å². The summed E-state index contributed by atoms with van der Waals surface area (Å²) in [6.07, 6.45) is 0. The summed E-state index contributed by atoms with van der Waals surface area (Å²) in [5, 5.41) is 2.90. The second-order valence-corrected chi connectivity index (χ2v) is 9.48. The Kier molecular flexibility index (Phi) is 6.80. The van der Waals surface area contributed by atoms with E-state index in [1.807, 2.05) is 49.9 Å². The Labute approximate surface area is 178 Å². The molecule has 1 amide bonds. The van der Waals surface area contributed by atoms with Crippen LogP contribution < -0.4 is 10.1 Å². The monoisotopic (exact) mass is 431 g/mol. The van der Waals surface area contributed by atoms with E-state index in [4.69, 9.17) is 4.74 Å². The number of para-hydroxylation sites is 2. The first-order chi connectivity index (χ1) is 14.2. The fraction of sp³-hybridized carbons (Fsp3) is 0.409. The Morgan fingerprint density at radius 2 is 1.73 bits per heavy atom. The minimum absolute atomic E-state index is 0.148. The number of hydrogen-bond acceptors (Lipinski definition) is 5. The number of ether oxygens (including phenoxy) is 1. The number of hydrogen-bond donors (Lipinski definition) is 1. The maximum Gasteiger partial charge on any atom is 0.243 e. The van der Waals surface area contributed by atoms with Crippen molar-refractivity contribution in [3.8, 4) is 5.75 Å². The lowest BCUT2D eigenvalue weighted by atomic mass is 10.2. The number of nitrogens with one attached hydrogen (secondary N) is 1. The number of carbonyl (C=O) groups excluding carboxylic acids is 1. The van der Waals surface area contributed by atoms with E-state index in [1.165, 1.54) is 4.31 Å². The number of methoxy groups -OCH3 is 1. The topological polar surface area (TPSA) is 79.0 Å². The van der Waals surface area contributed by atoms with E-state index in [0.29, 0.717) is 42.5 Å². The van der Waals surface area contributed by atoms with Crippen molar-refractivity contribution in [3.63, 3.8) is 0 Å². The smallest absolute Gasteiger partial charge is 0.243 e. The van der Waals surface area contributed by atoms with Crippen molar-refractivity contribution < 1.29 is 17.9 Å². The van der Waals surface area contributed by atoms with E-state index in [-0.39, 0.29) is 11.9 Å². The lowest BCUT2D eigenvalue weighted by molar-refractivity contribution is -0.121. The Morgan fingerprint density at radius 1 is 1.07 bits per heavy atom. The molecule has 0 aliphatic carbocycles. The van der Waals surface area contributed by atoms with E-state index < -0.39 is 10.0 Å². The summed E-state index contributed by atoms with van der Waals surface area (Å²) in [5.41, 5.74) is 2.28. The number of benzene rings is 2. The average Bonchev–Trinajstić information content (AvgIpc) is 2.75. The van der Waals surface area contributed by atoms with Crippen molar-refractivity contribution in [2.75, 3.05) is 38.6 Å². The third-order valence-corrected chi connectivity index (χ3v) is 7.57. The molecule has 0 aromatic heterocycles. The fourth-order valence-electron chi connectivity index (χ4n) is 3.61. The van der Waals surface area contributed by atoms with Gasteiger partial charge in [-0.15, -0.1) is 0 Å². The number of carbonyl (C=O) groups is 1. The predicted molar refractivity (Wildman–Crippen MR) is 117 cm³/mol. The summed E-state index contributed by atoms with van der Waals surface area (Å²) >= 11 is 0. The van der Waals surface area contributed by atoms with Crippen LogP contribution in [0.15, 0.2) is 47.4 Å². The summed E-state index contributed by atoms with van der Waals surface area (Å²) in [4.78, 5) is 15.1. The van der Waals surface area contributed by atoms with E-state index in [0.717, 1.165) is 11.1 Å². The molecule has 1 saturated heterocycles. The SMILES string of the molecule is COc1ccccc1NC(=O)[C@@H](C)N1CCN(S(=O)(=O)c2cc(C)ccc2C)CC1. The van der Waals surface area contributed by atoms with Crippen LogP contribution in [-0.2, 0) is 14.8 Å². The molecular weight excluding hydrogens is 402 g/mol. The van der Waals surface area contributed by atoms with Gasteiger partial charge in [0, 0.05) is 26.2 Å². The predicted octanol–water partition coefficient (Wildman–Crippen LogP) is 2.65. The third-order valence-electron chi connectivity index (χ3n) is 5.53. The second-order valence-electron chi connectivity index (χ2n) is 7.57. The van der Waals surface area contributed by atoms with Crippen molar-refractivity contribution in [3.05, 3.63) is 53.6 Å². The van der Waals surface area contributed by atoms with Crippen molar-refractivity contribution >= 4 is 21.6 Å². The molecule has 2 aromatic carbocycles. The van der Waals surface area contributed by atoms with Gasteiger partial charge < -0.3 is 10.1 Å². The van der Waals surface area contributed by atoms with Gasteiger partial charge in [0.1, 0.15) is 5.75 Å². The zero-order chi connectivity index (χ0) is 21.9. The molecule has 8 heteroatoms. The fourth-order valence-corrected chi connectivity index (χ4v) is 5.34. The number of aryl methyl sites for hydroxylation is 2. The highest BCUT2D eigenvalue weighted by atomic mass is 32.2. The highest BCUT2D eigenvalue weighted by Gasteiger charge is 2.32. The Morgan fingerprint density at radius 3 is 2.40 bits per heavy atom. The highest BCUT2D eigenvalue weighted by Crippen LogP contribution is 2.25. The lowest BCUT2D eigenvalue weighted by Gasteiger charge is -2.37. The van der Waals surface area contributed by atoms with Gasteiger partial charge in [0.25, 0.3) is 0 Å². The molecule has 30 heavy (non-hydrogen) atoms. The first-order valence-corrected chi connectivity index (χ1v) is 11.4. The number of nitrogens with zero attached hydrogens (tertiary/aromatic N) is 2. The number of sulfonamides is 1. The molecule has 3 rings (SSSR count). The van der Waals surface area contributed by atoms with Crippen molar-refractivity contribution in [2.24, 2.45) is 0 Å². The Hall–Kier alpha value is -2.42. The maximum absolute atomic E-state index is 13.1. The standard InChI is InChI=1S/C22H29N3O4S/c1-16-9-10-17(2)21(15-16)30(27,28)25-13-11-24(12-14-25)18(3)22(26)23-19-7-5-6-8-20(19)29-4/h5-10,15,18H,11-14H2,1-4H3,(H,23,26)/t18-/m1/s1.